The molecule has 1 amide bonds. The highest BCUT2D eigenvalue weighted by Crippen LogP contribution is 2.43. The van der Waals surface area contributed by atoms with Crippen molar-refractivity contribution in [3.8, 4) is 0 Å². The van der Waals surface area contributed by atoms with Crippen molar-refractivity contribution in [3.63, 3.8) is 0 Å². The molecule has 2 N–H and O–H groups in total. The number of phosphoric acid groups is 1. The summed E-state index contributed by atoms with van der Waals surface area (Å²) in [6.45, 7) is 7.04. The number of nitrogens with one attached hydrogen (secondary N) is 1. The van der Waals surface area contributed by atoms with Gasteiger partial charge in [0.15, 0.2) is 0 Å². The monoisotopic (exact) mass is 1310 g/mol. The van der Waals surface area contributed by atoms with Crippen molar-refractivity contribution in [2.45, 2.75) is 412 Å². The third kappa shape index (κ3) is 72.0. The van der Waals surface area contributed by atoms with Crippen LogP contribution in [-0.4, -0.2) is 74.3 Å². The molecule has 3 unspecified atom stereocenters. The lowest BCUT2D eigenvalue weighted by atomic mass is 10.0. The lowest BCUT2D eigenvalue weighted by molar-refractivity contribution is -0.870. The maximum atomic E-state index is 13.7. The summed E-state index contributed by atoms with van der Waals surface area (Å²) in [7, 11) is 1.51. The molecule has 0 radical (unpaired) electrons. The van der Waals surface area contributed by atoms with Gasteiger partial charge >= 0.3 is 13.8 Å². The van der Waals surface area contributed by atoms with Gasteiger partial charge in [0.05, 0.1) is 33.8 Å². The van der Waals surface area contributed by atoms with E-state index >= 15 is 0 Å². The molecule has 0 aromatic heterocycles. The first-order valence-corrected chi connectivity index (χ1v) is 41.6. The molecule has 0 saturated heterocycles. The molecule has 0 fully saturated rings. The fourth-order valence-corrected chi connectivity index (χ4v) is 12.7. The van der Waals surface area contributed by atoms with Gasteiger partial charge in [-0.2, -0.15) is 0 Å². The number of hydrogen-bond acceptors (Lipinski definition) is 6. The number of nitrogens with zero attached hydrogens (tertiary/aromatic N) is 1. The summed E-state index contributed by atoms with van der Waals surface area (Å²) in [4.78, 5) is 38.0. The number of phosphoric ester groups is 1. The quantitative estimate of drug-likeness (QED) is 0.0205. The van der Waals surface area contributed by atoms with Crippen LogP contribution in [0, 0.1) is 0 Å². The Labute approximate surface area is 572 Å². The second-order valence-corrected chi connectivity index (χ2v) is 30.0. The summed E-state index contributed by atoms with van der Waals surface area (Å²) in [6.07, 6.45) is 94.0. The summed E-state index contributed by atoms with van der Waals surface area (Å²) in [5.41, 5.74) is 0. The van der Waals surface area contributed by atoms with E-state index in [4.69, 9.17) is 13.8 Å². The molecular formula is C82H156N2O7P+. The molecule has 0 spiro atoms. The summed E-state index contributed by atoms with van der Waals surface area (Å²) >= 11 is 0. The van der Waals surface area contributed by atoms with Gasteiger partial charge in [-0.25, -0.2) is 4.57 Å². The Morgan fingerprint density at radius 3 is 1.02 bits per heavy atom. The summed E-state index contributed by atoms with van der Waals surface area (Å²) in [6, 6.07) is -0.849. The van der Waals surface area contributed by atoms with Crippen molar-refractivity contribution in [1.82, 2.24) is 5.32 Å². The molecule has 92 heavy (non-hydrogen) atoms. The van der Waals surface area contributed by atoms with Gasteiger partial charge in [-0.3, -0.25) is 18.6 Å². The van der Waals surface area contributed by atoms with Crippen LogP contribution in [0.1, 0.15) is 400 Å². The fraction of sp³-hybridized carbons (Fsp3) is 0.854. The van der Waals surface area contributed by atoms with E-state index in [1.807, 2.05) is 27.2 Å². The molecule has 0 aromatic rings. The maximum absolute atomic E-state index is 13.7. The lowest BCUT2D eigenvalue weighted by Gasteiger charge is -2.27. The second kappa shape index (κ2) is 71.5. The van der Waals surface area contributed by atoms with E-state index in [1.165, 1.54) is 295 Å². The fourth-order valence-electron chi connectivity index (χ4n) is 12.0. The van der Waals surface area contributed by atoms with Crippen LogP contribution in [0.5, 0.6) is 0 Å². The smallest absolute Gasteiger partial charge is 0.456 e. The molecule has 0 heterocycles. The summed E-state index contributed by atoms with van der Waals surface area (Å²) in [5.74, 6) is -0.486. The Balaban J connectivity index is 4.89. The van der Waals surface area contributed by atoms with Crippen molar-refractivity contribution in [2.75, 3.05) is 40.9 Å². The molecule has 540 valence electrons. The number of ether oxygens (including phenoxy) is 1. The zero-order valence-electron chi connectivity index (χ0n) is 62.1. The van der Waals surface area contributed by atoms with Gasteiger partial charge in [-0.1, -0.05) is 352 Å². The first-order chi connectivity index (χ1) is 44.9. The van der Waals surface area contributed by atoms with Crippen LogP contribution >= 0.6 is 7.82 Å². The van der Waals surface area contributed by atoms with Gasteiger partial charge in [-0.05, 0) is 96.0 Å². The topological polar surface area (TPSA) is 111 Å². The normalized spacial score (nSPS) is 13.7. The number of hydrogen-bond donors (Lipinski definition) is 2. The predicted molar refractivity (Wildman–Crippen MR) is 402 cm³/mol. The largest absolute Gasteiger partial charge is 0.472 e. The Morgan fingerprint density at radius 2 is 0.663 bits per heavy atom. The number of likely N-dealkylation sites (N-methyl/N-ethyl adjacent to an activating group) is 1. The molecule has 9 nitrogen and oxygen atoms in total. The van der Waals surface area contributed by atoms with E-state index in [2.05, 4.69) is 80.8 Å². The number of carbonyl (C=O) groups is 2. The summed E-state index contributed by atoms with van der Waals surface area (Å²) in [5, 5.41) is 3.09. The van der Waals surface area contributed by atoms with Crippen LogP contribution in [0.25, 0.3) is 0 Å². The number of quaternary nitrogens is 1. The van der Waals surface area contributed by atoms with Gasteiger partial charge in [0, 0.05) is 12.8 Å². The second-order valence-electron chi connectivity index (χ2n) is 28.6. The third-order valence-corrected chi connectivity index (χ3v) is 19.2. The number of allylic oxidation sites excluding steroid dienone is 9. The minimum Gasteiger partial charge on any atom is -0.456 e. The lowest BCUT2D eigenvalue weighted by Crippen LogP contribution is -2.47. The Kier molecular flexibility index (Phi) is 69.7. The highest BCUT2D eigenvalue weighted by molar-refractivity contribution is 7.47. The molecule has 0 bridgehead atoms. The van der Waals surface area contributed by atoms with E-state index in [9.17, 15) is 19.0 Å². The third-order valence-electron chi connectivity index (χ3n) is 18.2. The molecule has 0 aliphatic rings. The van der Waals surface area contributed by atoms with Crippen LogP contribution in [0.4, 0.5) is 0 Å². The number of esters is 1. The highest BCUT2D eigenvalue weighted by atomic mass is 31.2. The minimum absolute atomic E-state index is 0.0415. The van der Waals surface area contributed by atoms with E-state index in [1.54, 1.807) is 0 Å². The molecular weight excluding hydrogens is 1160 g/mol. The van der Waals surface area contributed by atoms with Crippen molar-refractivity contribution in [1.29, 1.82) is 0 Å². The van der Waals surface area contributed by atoms with Crippen LogP contribution in [-0.2, 0) is 27.9 Å². The average Bonchev–Trinajstić information content (AvgIpc) is 3.69. The van der Waals surface area contributed by atoms with Gasteiger partial charge in [0.2, 0.25) is 5.91 Å². The van der Waals surface area contributed by atoms with Crippen LogP contribution in [0.15, 0.2) is 60.8 Å². The SMILES string of the molecule is CCCCC/C=C\C/C=C\C/C=C\CCCCCCCCCCCCCCCCC(=O)NC(COP(=O)(O)OCC[N+](C)(C)C)C(/C=C/CCCCCCCCCCCC)OC(=O)CCCCCCCCCCCCCCCCCCC/C=C/CCCCCCCC. The van der Waals surface area contributed by atoms with Gasteiger partial charge in [0.25, 0.3) is 0 Å². The number of amides is 1. The van der Waals surface area contributed by atoms with Gasteiger partial charge in [0.1, 0.15) is 19.3 Å². The zero-order valence-corrected chi connectivity index (χ0v) is 63.0. The van der Waals surface area contributed by atoms with E-state index < -0.39 is 20.0 Å². The Hall–Kier alpha value is -2.29. The van der Waals surface area contributed by atoms with Crippen molar-refractivity contribution in [3.05, 3.63) is 60.8 Å². The first-order valence-electron chi connectivity index (χ1n) is 40.1. The molecule has 0 aromatic carbocycles. The number of carbonyl (C=O) groups excluding carboxylic acids is 2. The van der Waals surface area contributed by atoms with E-state index in [-0.39, 0.29) is 25.1 Å². The van der Waals surface area contributed by atoms with Crippen molar-refractivity contribution >= 4 is 19.7 Å². The molecule has 0 saturated carbocycles. The standard InChI is InChI=1S/C82H155N2O7P/c1-7-10-13-16-19-22-25-28-30-32-34-36-38-40-42-44-46-48-50-52-54-56-59-62-65-68-71-74-81(85)83-79(78-90-92(87,88)89-77-76-84(4,5)6)80(73-70-67-64-61-58-27-24-21-18-15-12-9-3)91-82(86)75-72-69-66-63-60-57-55-53-51-49-47-45-43-41-39-37-35-33-31-29-26-23-20-17-14-11-8-2/h19,22,28-31,34,36,70,73,79-80H,7-18,20-21,23-27,32-33,35,37-69,71-72,74-78H2,1-6H3,(H-,83,85,87,88)/p+1/b22-19-,30-28-,31-29+,36-34-,73-70+. The minimum atomic E-state index is -4.46. The number of rotatable bonds is 74. The molecule has 10 heteroatoms. The zero-order chi connectivity index (χ0) is 67.0. The summed E-state index contributed by atoms with van der Waals surface area (Å²) < 4.78 is 30.9. The molecule has 0 aliphatic heterocycles. The Bertz CT molecular complexity index is 1760. The Morgan fingerprint density at radius 1 is 0.380 bits per heavy atom. The van der Waals surface area contributed by atoms with Crippen LogP contribution < -0.4 is 5.32 Å². The van der Waals surface area contributed by atoms with E-state index in [0.29, 0.717) is 23.9 Å². The van der Waals surface area contributed by atoms with Gasteiger partial charge in [-0.15, -0.1) is 0 Å². The first kappa shape index (κ1) is 89.7. The molecule has 3 atom stereocenters. The number of unbranched alkanes of at least 4 members (excludes halogenated alkanes) is 50. The van der Waals surface area contributed by atoms with Crippen molar-refractivity contribution in [2.24, 2.45) is 0 Å². The van der Waals surface area contributed by atoms with E-state index in [0.717, 1.165) is 70.6 Å². The average molecular weight is 1310 g/mol. The predicted octanol–water partition coefficient (Wildman–Crippen LogP) is 26.1. The van der Waals surface area contributed by atoms with Crippen molar-refractivity contribution < 1.29 is 37.3 Å². The highest BCUT2D eigenvalue weighted by Gasteiger charge is 2.30. The van der Waals surface area contributed by atoms with Crippen LogP contribution in [0.3, 0.4) is 0 Å². The molecule has 0 aliphatic carbocycles. The van der Waals surface area contributed by atoms with Crippen LogP contribution in [0.2, 0.25) is 0 Å². The van der Waals surface area contributed by atoms with Gasteiger partial charge < -0.3 is 19.4 Å². The maximum Gasteiger partial charge on any atom is 0.472 e. The molecule has 0 rings (SSSR count).